The number of dihydropyridines is 1. The van der Waals surface area contributed by atoms with Crippen LogP contribution in [-0.2, 0) is 15.7 Å². The smallest absolute Gasteiger partial charge is 0.333 e. The van der Waals surface area contributed by atoms with Crippen molar-refractivity contribution in [2.75, 3.05) is 27.2 Å². The van der Waals surface area contributed by atoms with Gasteiger partial charge in [0.1, 0.15) is 0 Å². The Hall–Kier alpha value is -3.69. The minimum absolute atomic E-state index is 0.270. The van der Waals surface area contributed by atoms with E-state index in [9.17, 15) is 17.2 Å². The summed E-state index contributed by atoms with van der Waals surface area (Å²) in [6, 6.07) is 3.20. The Morgan fingerprint density at radius 1 is 1.24 bits per heavy atom. The lowest BCUT2D eigenvalue weighted by Crippen LogP contribution is -2.50. The van der Waals surface area contributed by atoms with Crippen LogP contribution in [0.3, 0.4) is 0 Å². The van der Waals surface area contributed by atoms with Gasteiger partial charge in [-0.05, 0) is 69.8 Å². The van der Waals surface area contributed by atoms with Gasteiger partial charge in [0.25, 0.3) is 10.0 Å². The molecule has 15 heteroatoms. The summed E-state index contributed by atoms with van der Waals surface area (Å²) in [6.07, 6.45) is 12.5. The fourth-order valence-corrected chi connectivity index (χ4v) is 6.96. The van der Waals surface area contributed by atoms with Gasteiger partial charge in [0.05, 0.1) is 34.6 Å². The highest BCUT2D eigenvalue weighted by Crippen LogP contribution is 2.35. The van der Waals surface area contributed by atoms with Gasteiger partial charge < -0.3 is 21.3 Å². The largest absolute Gasteiger partial charge is 0.384 e. The van der Waals surface area contributed by atoms with Crippen molar-refractivity contribution in [1.82, 2.24) is 44.5 Å². The molecule has 0 amide bonds. The second-order valence-corrected chi connectivity index (χ2v) is 13.6. The predicted octanol–water partition coefficient (Wildman–Crippen LogP) is 2.09. The van der Waals surface area contributed by atoms with Crippen molar-refractivity contribution in [1.29, 1.82) is 0 Å². The predicted molar refractivity (Wildman–Crippen MR) is 152 cm³/mol. The van der Waals surface area contributed by atoms with Gasteiger partial charge in [0, 0.05) is 43.0 Å². The molecule has 1 unspecified atom stereocenters. The molecule has 12 nitrogen and oxygen atoms in total. The molecule has 0 bridgehead atoms. The quantitative estimate of drug-likeness (QED) is 0.299. The molecule has 0 radical (unpaired) electrons. The molecule has 4 N–H and O–H groups in total. The van der Waals surface area contributed by atoms with E-state index >= 15 is 0 Å². The van der Waals surface area contributed by atoms with E-state index in [4.69, 9.17) is 5.73 Å². The summed E-state index contributed by atoms with van der Waals surface area (Å²) in [5.41, 5.74) is 8.03. The van der Waals surface area contributed by atoms with E-state index < -0.39 is 27.5 Å². The van der Waals surface area contributed by atoms with Gasteiger partial charge in [-0.3, -0.25) is 0 Å². The van der Waals surface area contributed by atoms with Gasteiger partial charge in [-0.25, -0.2) is 23.1 Å². The number of alkyl halides is 2. The van der Waals surface area contributed by atoms with Crippen molar-refractivity contribution >= 4 is 15.6 Å². The molecule has 3 aromatic heterocycles. The molecule has 6 rings (SSSR count). The lowest BCUT2D eigenvalue weighted by Gasteiger charge is -2.38. The fraction of sp³-hybridized carbons (Fsp3) is 0.481. The van der Waals surface area contributed by atoms with E-state index in [1.807, 2.05) is 0 Å². The van der Waals surface area contributed by atoms with E-state index in [1.165, 1.54) is 24.7 Å². The van der Waals surface area contributed by atoms with Crippen LogP contribution in [0.5, 0.6) is 0 Å². The first-order valence-corrected chi connectivity index (χ1v) is 15.4. The number of nitrogens with zero attached hydrogens (tertiary/aromatic N) is 7. The van der Waals surface area contributed by atoms with Crippen LogP contribution in [0, 0.1) is 11.8 Å². The van der Waals surface area contributed by atoms with Gasteiger partial charge in [-0.1, -0.05) is 0 Å². The first kappa shape index (κ1) is 28.4. The molecule has 2 aliphatic carbocycles. The Morgan fingerprint density at radius 3 is 2.71 bits per heavy atom. The number of nitrogens with two attached hydrogens (primary N) is 1. The average molecular weight is 601 g/mol. The maximum Gasteiger partial charge on any atom is 0.333 e. The molecule has 1 aliphatic heterocycles. The molecule has 42 heavy (non-hydrogen) atoms. The topological polar surface area (TPSA) is 149 Å². The molecule has 1 atom stereocenters. The van der Waals surface area contributed by atoms with E-state index in [-0.39, 0.29) is 5.82 Å². The Labute approximate surface area is 242 Å². The number of halogens is 2. The first-order valence-electron chi connectivity index (χ1n) is 13.9. The van der Waals surface area contributed by atoms with Crippen molar-refractivity contribution in [3.63, 3.8) is 0 Å². The van der Waals surface area contributed by atoms with Crippen LogP contribution >= 0.6 is 0 Å². The van der Waals surface area contributed by atoms with E-state index in [2.05, 4.69) is 49.8 Å². The zero-order valence-electron chi connectivity index (χ0n) is 23.4. The van der Waals surface area contributed by atoms with Crippen LogP contribution in [0.4, 0.5) is 8.78 Å². The normalized spacial score (nSPS) is 24.3. The maximum atomic E-state index is 13.3. The molecule has 2 fully saturated rings. The van der Waals surface area contributed by atoms with E-state index in [1.54, 1.807) is 24.5 Å². The number of allylic oxidation sites excluding steroid dienone is 1. The highest BCUT2D eigenvalue weighted by atomic mass is 32.2. The van der Waals surface area contributed by atoms with Crippen LogP contribution in [0.15, 0.2) is 54.9 Å². The standard InChI is InChI=1S/C27H34F2N10O2S/c1-37(2)15-18-9-17(10-18)12-32-23-11-27(30,33-14-21(23)22-6-8-38(36-22)26(28)29)24-5-7-31-25(35-24)19-13-34-39(16-19)42(40,41)20-3-4-20/h5-8,11,13-14,16-18,20,26,32-33H,3-4,9-10,12,15,30H2,1-2H3. The summed E-state index contributed by atoms with van der Waals surface area (Å²) in [4.78, 5) is 11.2. The average Bonchev–Trinajstić information content (AvgIpc) is 3.47. The molecular weight excluding hydrogens is 566 g/mol. The summed E-state index contributed by atoms with van der Waals surface area (Å²) in [7, 11) is 0.615. The Bertz CT molecular complexity index is 1620. The first-order chi connectivity index (χ1) is 20.0. The minimum Gasteiger partial charge on any atom is -0.384 e. The molecule has 3 aliphatic rings. The molecule has 0 aromatic carbocycles. The third-order valence-electron chi connectivity index (χ3n) is 7.84. The Morgan fingerprint density at radius 2 is 2.02 bits per heavy atom. The second kappa shape index (κ2) is 10.9. The summed E-state index contributed by atoms with van der Waals surface area (Å²) in [5, 5.41) is 14.3. The summed E-state index contributed by atoms with van der Waals surface area (Å²) in [6.45, 7) is -1.01. The maximum absolute atomic E-state index is 13.3. The molecule has 3 aromatic rings. The van der Waals surface area contributed by atoms with Crippen molar-refractivity contribution in [2.24, 2.45) is 17.6 Å². The highest BCUT2D eigenvalue weighted by Gasteiger charge is 2.38. The molecule has 2 saturated carbocycles. The zero-order valence-corrected chi connectivity index (χ0v) is 24.2. The van der Waals surface area contributed by atoms with Crippen molar-refractivity contribution < 1.29 is 17.2 Å². The van der Waals surface area contributed by atoms with Crippen LogP contribution < -0.4 is 16.4 Å². The van der Waals surface area contributed by atoms with Crippen molar-refractivity contribution in [3.05, 3.63) is 66.3 Å². The van der Waals surface area contributed by atoms with Crippen molar-refractivity contribution in [2.45, 2.75) is 43.1 Å². The molecular formula is C27H34F2N10O2S. The third-order valence-corrected chi connectivity index (χ3v) is 9.88. The van der Waals surface area contributed by atoms with E-state index in [0.29, 0.717) is 64.1 Å². The Balaban J connectivity index is 1.26. The van der Waals surface area contributed by atoms with Crippen LogP contribution in [-0.4, -0.2) is 74.7 Å². The number of hydrogen-bond acceptors (Lipinski definition) is 10. The number of hydrogen-bond donors (Lipinski definition) is 3. The second-order valence-electron chi connectivity index (χ2n) is 11.5. The molecule has 0 spiro atoms. The molecule has 0 saturated heterocycles. The van der Waals surface area contributed by atoms with E-state index in [0.717, 1.165) is 23.5 Å². The lowest BCUT2D eigenvalue weighted by molar-refractivity contribution is 0.0565. The summed E-state index contributed by atoms with van der Waals surface area (Å²) < 4.78 is 53.3. The van der Waals surface area contributed by atoms with Gasteiger partial charge >= 0.3 is 6.55 Å². The van der Waals surface area contributed by atoms with Crippen LogP contribution in [0.25, 0.3) is 17.0 Å². The number of aromatic nitrogens is 6. The fourth-order valence-electron chi connectivity index (χ4n) is 5.48. The van der Waals surface area contributed by atoms with Gasteiger partial charge in [-0.15, -0.1) is 0 Å². The number of rotatable bonds is 11. The summed E-state index contributed by atoms with van der Waals surface area (Å²) >= 11 is 0. The molecule has 224 valence electrons. The molecule has 4 heterocycles. The van der Waals surface area contributed by atoms with Crippen molar-refractivity contribution in [3.8, 4) is 11.4 Å². The minimum atomic E-state index is -3.53. The van der Waals surface area contributed by atoms with Gasteiger partial charge in [0.15, 0.2) is 11.5 Å². The third kappa shape index (κ3) is 5.68. The highest BCUT2D eigenvalue weighted by molar-refractivity contribution is 7.90. The zero-order chi connectivity index (χ0) is 29.6. The van der Waals surface area contributed by atoms with Gasteiger partial charge in [-0.2, -0.15) is 23.1 Å². The number of nitrogens with one attached hydrogen (secondary N) is 2. The van der Waals surface area contributed by atoms with Crippen LogP contribution in [0.2, 0.25) is 0 Å². The van der Waals surface area contributed by atoms with Crippen LogP contribution in [0.1, 0.15) is 43.6 Å². The van der Waals surface area contributed by atoms with Gasteiger partial charge in [0.2, 0.25) is 0 Å². The lowest BCUT2D eigenvalue weighted by atomic mass is 9.74. The Kier molecular flexibility index (Phi) is 7.35. The monoisotopic (exact) mass is 600 g/mol. The summed E-state index contributed by atoms with van der Waals surface area (Å²) in [5.74, 6) is 1.40. The SMILES string of the molecule is CN(C)CC1CC(CNC2=CC(N)(c3ccnc(-c4cnn(S(=O)(=O)C5CC5)c4)n3)NC=C2c2ccn(C(F)F)n2)C1.